The van der Waals surface area contributed by atoms with Crippen LogP contribution in [0.3, 0.4) is 0 Å². The summed E-state index contributed by atoms with van der Waals surface area (Å²) in [4.78, 5) is 30.0. The number of ketones is 2. The molecule has 1 atom stereocenters. The molecule has 0 spiro atoms. The molecule has 4 heteroatoms. The van der Waals surface area contributed by atoms with Gasteiger partial charge >= 0.3 is 0 Å². The second kappa shape index (κ2) is 7.81. The van der Waals surface area contributed by atoms with E-state index in [0.29, 0.717) is 23.3 Å². The predicted octanol–water partition coefficient (Wildman–Crippen LogP) is 6.55. The van der Waals surface area contributed by atoms with Crippen molar-refractivity contribution in [3.63, 3.8) is 0 Å². The number of fused-ring (bicyclic) bond motifs is 2. The Morgan fingerprint density at radius 2 is 1.46 bits per heavy atom. The summed E-state index contributed by atoms with van der Waals surface area (Å²) in [5, 5.41) is 0. The van der Waals surface area contributed by atoms with Crippen LogP contribution in [0, 0.1) is 5.41 Å². The average molecular weight is 462 g/mol. The number of para-hydroxylation sites is 2. The van der Waals surface area contributed by atoms with E-state index < -0.39 is 5.92 Å². The SMILES string of the molecule is COc1ccccc1N1C2=C(C(=O)CC(C)(C)C2)C(c2ccccc2)C2=C1c1ccccc1C2=O. The van der Waals surface area contributed by atoms with Crippen molar-refractivity contribution >= 4 is 23.0 Å². The molecule has 6 rings (SSSR count). The molecular formula is C31H27NO3. The number of carbonyl (C=O) groups excluding carboxylic acids is 2. The van der Waals surface area contributed by atoms with Gasteiger partial charge in [-0.25, -0.2) is 0 Å². The number of nitrogens with zero attached hydrogens (tertiary/aromatic N) is 1. The van der Waals surface area contributed by atoms with E-state index in [0.717, 1.165) is 40.2 Å². The van der Waals surface area contributed by atoms with Gasteiger partial charge in [0, 0.05) is 40.3 Å². The number of allylic oxidation sites excluding steroid dienone is 3. The van der Waals surface area contributed by atoms with Gasteiger partial charge in [0.2, 0.25) is 0 Å². The quantitative estimate of drug-likeness (QED) is 0.444. The zero-order valence-corrected chi connectivity index (χ0v) is 20.2. The molecule has 0 amide bonds. The second-order valence-electron chi connectivity index (χ2n) is 10.3. The Hall–Kier alpha value is -3.92. The number of carbonyl (C=O) groups is 2. The molecule has 35 heavy (non-hydrogen) atoms. The number of benzene rings is 3. The molecule has 1 aliphatic heterocycles. The van der Waals surface area contributed by atoms with E-state index in [-0.39, 0.29) is 17.0 Å². The fourth-order valence-corrected chi connectivity index (χ4v) is 5.96. The Morgan fingerprint density at radius 3 is 2.20 bits per heavy atom. The highest BCUT2D eigenvalue weighted by molar-refractivity contribution is 6.26. The van der Waals surface area contributed by atoms with Gasteiger partial charge < -0.3 is 9.64 Å². The van der Waals surface area contributed by atoms with Gasteiger partial charge in [0.25, 0.3) is 0 Å². The summed E-state index contributed by atoms with van der Waals surface area (Å²) < 4.78 is 5.78. The molecule has 3 aromatic rings. The van der Waals surface area contributed by atoms with Crippen LogP contribution in [0.15, 0.2) is 95.7 Å². The Morgan fingerprint density at radius 1 is 0.800 bits per heavy atom. The third kappa shape index (κ3) is 3.20. The fraction of sp³-hybridized carbons (Fsp3) is 0.226. The van der Waals surface area contributed by atoms with Crippen LogP contribution in [0.1, 0.15) is 54.1 Å². The van der Waals surface area contributed by atoms with Gasteiger partial charge in [-0.05, 0) is 29.5 Å². The molecule has 4 nitrogen and oxygen atoms in total. The number of hydrogen-bond donors (Lipinski definition) is 0. The molecule has 0 fully saturated rings. The van der Waals surface area contributed by atoms with Crippen molar-refractivity contribution in [2.75, 3.05) is 12.0 Å². The van der Waals surface area contributed by atoms with Crippen LogP contribution in [0.5, 0.6) is 5.75 Å². The van der Waals surface area contributed by atoms with E-state index in [1.54, 1.807) is 7.11 Å². The zero-order valence-electron chi connectivity index (χ0n) is 20.2. The smallest absolute Gasteiger partial charge is 0.192 e. The molecule has 0 saturated carbocycles. The zero-order chi connectivity index (χ0) is 24.3. The number of hydrogen-bond acceptors (Lipinski definition) is 4. The molecular weight excluding hydrogens is 434 g/mol. The van der Waals surface area contributed by atoms with Crippen LogP contribution in [-0.4, -0.2) is 18.7 Å². The molecule has 3 aromatic carbocycles. The lowest BCUT2D eigenvalue weighted by molar-refractivity contribution is -0.118. The van der Waals surface area contributed by atoms with Crippen molar-refractivity contribution in [3.8, 4) is 5.75 Å². The minimum Gasteiger partial charge on any atom is -0.495 e. The number of rotatable bonds is 3. The lowest BCUT2D eigenvalue weighted by Crippen LogP contribution is -2.39. The first-order valence-corrected chi connectivity index (χ1v) is 12.0. The number of anilines is 1. The maximum Gasteiger partial charge on any atom is 0.192 e. The van der Waals surface area contributed by atoms with Gasteiger partial charge in [-0.2, -0.15) is 0 Å². The minimum absolute atomic E-state index is 0.00599. The number of methoxy groups -OCH3 is 1. The van der Waals surface area contributed by atoms with Gasteiger partial charge in [0.1, 0.15) is 5.75 Å². The van der Waals surface area contributed by atoms with Crippen molar-refractivity contribution in [1.82, 2.24) is 0 Å². The highest BCUT2D eigenvalue weighted by Crippen LogP contribution is 2.57. The Kier molecular flexibility index (Phi) is 4.82. The largest absolute Gasteiger partial charge is 0.495 e. The molecule has 1 unspecified atom stereocenters. The fourth-order valence-electron chi connectivity index (χ4n) is 5.96. The van der Waals surface area contributed by atoms with Crippen LogP contribution < -0.4 is 9.64 Å². The highest BCUT2D eigenvalue weighted by Gasteiger charge is 2.49. The summed E-state index contributed by atoms with van der Waals surface area (Å²) in [5.74, 6) is 0.418. The van der Waals surface area contributed by atoms with Crippen LogP contribution >= 0.6 is 0 Å². The van der Waals surface area contributed by atoms with E-state index in [2.05, 4.69) is 18.7 Å². The molecule has 174 valence electrons. The second-order valence-corrected chi connectivity index (χ2v) is 10.3. The van der Waals surface area contributed by atoms with Gasteiger partial charge in [0.05, 0.1) is 18.5 Å². The van der Waals surface area contributed by atoms with Gasteiger partial charge in [-0.15, -0.1) is 0 Å². The standard InChI is InChI=1S/C31H27NO3/c1-31(2)17-23-27(24(33)18-31)26(19-11-5-4-6-12-19)28-29(20-13-7-8-14-21(20)30(28)34)32(23)22-15-9-10-16-25(22)35-3/h4-16,26H,17-18H2,1-3H3. The average Bonchev–Trinajstić information content (AvgIpc) is 3.15. The van der Waals surface area contributed by atoms with Crippen LogP contribution in [0.2, 0.25) is 0 Å². The van der Waals surface area contributed by atoms with Gasteiger partial charge in [-0.1, -0.05) is 80.6 Å². The minimum atomic E-state index is -0.393. The lowest BCUT2D eigenvalue weighted by Gasteiger charge is -2.44. The van der Waals surface area contributed by atoms with Crippen LogP contribution in [-0.2, 0) is 4.79 Å². The third-order valence-corrected chi connectivity index (χ3v) is 7.35. The number of ether oxygens (including phenoxy) is 1. The maximum atomic E-state index is 14.0. The lowest BCUT2D eigenvalue weighted by atomic mass is 9.68. The van der Waals surface area contributed by atoms with E-state index in [4.69, 9.17) is 4.74 Å². The molecule has 0 N–H and O–H groups in total. The van der Waals surface area contributed by atoms with E-state index >= 15 is 0 Å². The van der Waals surface area contributed by atoms with E-state index in [1.165, 1.54) is 0 Å². The van der Waals surface area contributed by atoms with E-state index in [9.17, 15) is 9.59 Å². The van der Waals surface area contributed by atoms with Gasteiger partial charge in [0.15, 0.2) is 11.6 Å². The monoisotopic (exact) mass is 461 g/mol. The van der Waals surface area contributed by atoms with Gasteiger partial charge in [-0.3, -0.25) is 9.59 Å². The predicted molar refractivity (Wildman–Crippen MR) is 137 cm³/mol. The summed E-state index contributed by atoms with van der Waals surface area (Å²) >= 11 is 0. The van der Waals surface area contributed by atoms with E-state index in [1.807, 2.05) is 78.9 Å². The normalized spacial score (nSPS) is 20.5. The summed E-state index contributed by atoms with van der Waals surface area (Å²) in [5.41, 5.74) is 6.46. The Balaban J connectivity index is 1.72. The first kappa shape index (κ1) is 21.6. The van der Waals surface area contributed by atoms with Crippen molar-refractivity contribution in [1.29, 1.82) is 0 Å². The molecule has 0 bridgehead atoms. The number of Topliss-reactive ketones (excluding diaryl/α,β-unsaturated/α-hetero) is 2. The topological polar surface area (TPSA) is 46.6 Å². The highest BCUT2D eigenvalue weighted by atomic mass is 16.5. The van der Waals surface area contributed by atoms with Crippen LogP contribution in [0.4, 0.5) is 5.69 Å². The maximum absolute atomic E-state index is 14.0. The third-order valence-electron chi connectivity index (χ3n) is 7.35. The first-order valence-electron chi connectivity index (χ1n) is 12.0. The summed E-state index contributed by atoms with van der Waals surface area (Å²) in [6.45, 7) is 4.29. The van der Waals surface area contributed by atoms with Crippen molar-refractivity contribution in [2.24, 2.45) is 5.41 Å². The molecule has 3 aliphatic rings. The summed E-state index contributed by atoms with van der Waals surface area (Å²) in [6.07, 6.45) is 1.18. The summed E-state index contributed by atoms with van der Waals surface area (Å²) in [7, 11) is 1.66. The molecule has 0 saturated heterocycles. The van der Waals surface area contributed by atoms with Crippen molar-refractivity contribution < 1.29 is 14.3 Å². The molecule has 2 aliphatic carbocycles. The first-order chi connectivity index (χ1) is 16.9. The Labute approximate surface area is 205 Å². The molecule has 0 aromatic heterocycles. The molecule has 0 radical (unpaired) electrons. The summed E-state index contributed by atoms with van der Waals surface area (Å²) in [6, 6.07) is 25.6. The van der Waals surface area contributed by atoms with Crippen LogP contribution in [0.25, 0.3) is 5.70 Å². The van der Waals surface area contributed by atoms with Crippen molar-refractivity contribution in [3.05, 3.63) is 112 Å². The Bertz CT molecular complexity index is 1440. The molecule has 1 heterocycles. The van der Waals surface area contributed by atoms with Crippen molar-refractivity contribution in [2.45, 2.75) is 32.6 Å².